The van der Waals surface area contributed by atoms with Gasteiger partial charge in [-0.2, -0.15) is 0 Å². The van der Waals surface area contributed by atoms with Crippen LogP contribution < -0.4 is 10.1 Å². The van der Waals surface area contributed by atoms with Crippen molar-refractivity contribution in [3.8, 4) is 5.75 Å². The molecule has 1 saturated carbocycles. The highest BCUT2D eigenvalue weighted by molar-refractivity contribution is 9.10. The first-order valence-corrected chi connectivity index (χ1v) is 8.08. The van der Waals surface area contributed by atoms with Crippen molar-refractivity contribution in [1.82, 2.24) is 5.32 Å². The van der Waals surface area contributed by atoms with E-state index in [4.69, 9.17) is 4.74 Å². The van der Waals surface area contributed by atoms with Crippen LogP contribution in [0.2, 0.25) is 0 Å². The fraction of sp³-hybridized carbons (Fsp3) is 0.625. The highest BCUT2D eigenvalue weighted by Crippen LogP contribution is 2.32. The van der Waals surface area contributed by atoms with E-state index >= 15 is 0 Å². The molecule has 106 valence electrons. The molecule has 0 saturated heterocycles. The van der Waals surface area contributed by atoms with Gasteiger partial charge in [-0.3, -0.25) is 0 Å². The minimum absolute atomic E-state index is 0.731. The molecule has 2 unspecified atom stereocenters. The van der Waals surface area contributed by atoms with E-state index in [1.54, 1.807) is 7.11 Å². The van der Waals surface area contributed by atoms with E-state index in [0.29, 0.717) is 0 Å². The number of halogens is 1. The van der Waals surface area contributed by atoms with Crippen molar-refractivity contribution >= 4 is 15.9 Å². The standard InChI is InChI=1S/C16H24BrNO/c1-3-8-18-14-5-4-12(10-14)9-13-11-15(19-2)6-7-16(13)17/h6-7,11-12,14,18H,3-5,8-10H2,1-2H3. The predicted molar refractivity (Wildman–Crippen MR) is 83.8 cm³/mol. The van der Waals surface area contributed by atoms with Gasteiger partial charge in [0.05, 0.1) is 7.11 Å². The second-order valence-corrected chi connectivity index (χ2v) is 6.35. The molecule has 0 heterocycles. The average molecular weight is 326 g/mol. The van der Waals surface area contributed by atoms with E-state index in [-0.39, 0.29) is 0 Å². The predicted octanol–water partition coefficient (Wildman–Crippen LogP) is 4.17. The highest BCUT2D eigenvalue weighted by atomic mass is 79.9. The third-order valence-corrected chi connectivity index (χ3v) is 4.76. The van der Waals surface area contributed by atoms with Crippen LogP contribution in [0.3, 0.4) is 0 Å². The maximum atomic E-state index is 5.32. The Labute approximate surface area is 125 Å². The molecule has 1 N–H and O–H groups in total. The molecule has 2 nitrogen and oxygen atoms in total. The maximum Gasteiger partial charge on any atom is 0.119 e. The fourth-order valence-electron chi connectivity index (χ4n) is 2.94. The minimum atomic E-state index is 0.731. The highest BCUT2D eigenvalue weighted by Gasteiger charge is 2.24. The molecule has 2 atom stereocenters. The second-order valence-electron chi connectivity index (χ2n) is 5.49. The Bertz CT molecular complexity index is 408. The smallest absolute Gasteiger partial charge is 0.119 e. The molecule has 3 heteroatoms. The van der Waals surface area contributed by atoms with Crippen molar-refractivity contribution in [2.45, 2.75) is 45.1 Å². The van der Waals surface area contributed by atoms with E-state index in [2.05, 4.69) is 40.3 Å². The van der Waals surface area contributed by atoms with E-state index in [9.17, 15) is 0 Å². The summed E-state index contributed by atoms with van der Waals surface area (Å²) >= 11 is 3.65. The van der Waals surface area contributed by atoms with Crippen LogP contribution in [0.4, 0.5) is 0 Å². The van der Waals surface area contributed by atoms with Gasteiger partial charge >= 0.3 is 0 Å². The molecule has 1 fully saturated rings. The second kappa shape index (κ2) is 7.30. The summed E-state index contributed by atoms with van der Waals surface area (Å²) in [4.78, 5) is 0. The van der Waals surface area contributed by atoms with Gasteiger partial charge in [-0.25, -0.2) is 0 Å². The molecule has 2 rings (SSSR count). The van der Waals surface area contributed by atoms with Gasteiger partial charge in [0.2, 0.25) is 0 Å². The summed E-state index contributed by atoms with van der Waals surface area (Å²) in [6, 6.07) is 7.00. The van der Waals surface area contributed by atoms with Crippen LogP contribution >= 0.6 is 15.9 Å². The van der Waals surface area contributed by atoms with Gasteiger partial charge < -0.3 is 10.1 Å². The van der Waals surface area contributed by atoms with Gasteiger partial charge in [-0.05, 0) is 68.3 Å². The summed E-state index contributed by atoms with van der Waals surface area (Å²) in [5.41, 5.74) is 1.38. The van der Waals surface area contributed by atoms with Gasteiger partial charge in [-0.15, -0.1) is 0 Å². The van der Waals surface area contributed by atoms with Gasteiger partial charge in [0.15, 0.2) is 0 Å². The van der Waals surface area contributed by atoms with E-state index in [1.165, 1.54) is 35.7 Å². The number of methoxy groups -OCH3 is 1. The molecule has 0 aliphatic heterocycles. The number of hydrogen-bond donors (Lipinski definition) is 1. The van der Waals surface area contributed by atoms with Crippen LogP contribution in [0.5, 0.6) is 5.75 Å². The zero-order chi connectivity index (χ0) is 13.7. The van der Waals surface area contributed by atoms with Crippen molar-refractivity contribution < 1.29 is 4.74 Å². The zero-order valence-electron chi connectivity index (χ0n) is 11.9. The van der Waals surface area contributed by atoms with Gasteiger partial charge in [0.25, 0.3) is 0 Å². The lowest BCUT2D eigenvalue weighted by Crippen LogP contribution is -2.27. The van der Waals surface area contributed by atoms with Crippen molar-refractivity contribution in [2.24, 2.45) is 5.92 Å². The molecule has 1 aliphatic carbocycles. The molecule has 0 bridgehead atoms. The number of benzene rings is 1. The first kappa shape index (κ1) is 14.9. The van der Waals surface area contributed by atoms with Crippen molar-refractivity contribution in [1.29, 1.82) is 0 Å². The first-order chi connectivity index (χ1) is 9.22. The lowest BCUT2D eigenvalue weighted by Gasteiger charge is -2.14. The van der Waals surface area contributed by atoms with Crippen molar-refractivity contribution in [3.63, 3.8) is 0 Å². The van der Waals surface area contributed by atoms with Crippen LogP contribution in [0.15, 0.2) is 22.7 Å². The number of hydrogen-bond acceptors (Lipinski definition) is 2. The third kappa shape index (κ3) is 4.22. The Morgan fingerprint density at radius 2 is 2.21 bits per heavy atom. The molecular formula is C16H24BrNO. The Morgan fingerprint density at radius 1 is 1.37 bits per heavy atom. The molecule has 1 aliphatic rings. The largest absolute Gasteiger partial charge is 0.497 e. The third-order valence-electron chi connectivity index (χ3n) is 3.99. The lowest BCUT2D eigenvalue weighted by molar-refractivity contribution is 0.413. The Morgan fingerprint density at radius 3 is 2.95 bits per heavy atom. The summed E-state index contributed by atoms with van der Waals surface area (Å²) in [7, 11) is 1.73. The fourth-order valence-corrected chi connectivity index (χ4v) is 3.35. The minimum Gasteiger partial charge on any atom is -0.497 e. The van der Waals surface area contributed by atoms with Crippen LogP contribution in [-0.4, -0.2) is 19.7 Å². The van der Waals surface area contributed by atoms with Crippen LogP contribution in [0, 0.1) is 5.92 Å². The molecule has 1 aromatic carbocycles. The first-order valence-electron chi connectivity index (χ1n) is 7.28. The topological polar surface area (TPSA) is 21.3 Å². The summed E-state index contributed by atoms with van der Waals surface area (Å²) in [6.45, 7) is 3.38. The summed E-state index contributed by atoms with van der Waals surface area (Å²) in [5, 5.41) is 3.65. The number of rotatable bonds is 6. The molecule has 19 heavy (non-hydrogen) atoms. The van der Waals surface area contributed by atoms with Gasteiger partial charge in [-0.1, -0.05) is 22.9 Å². The Balaban J connectivity index is 1.91. The molecule has 0 spiro atoms. The van der Waals surface area contributed by atoms with Crippen LogP contribution in [0.25, 0.3) is 0 Å². The zero-order valence-corrected chi connectivity index (χ0v) is 13.5. The van der Waals surface area contributed by atoms with E-state index in [0.717, 1.165) is 30.7 Å². The molecule has 0 amide bonds. The Hall–Kier alpha value is -0.540. The molecule has 0 radical (unpaired) electrons. The van der Waals surface area contributed by atoms with Crippen molar-refractivity contribution in [3.05, 3.63) is 28.2 Å². The number of ether oxygens (including phenoxy) is 1. The summed E-state index contributed by atoms with van der Waals surface area (Å²) in [5.74, 6) is 1.76. The van der Waals surface area contributed by atoms with Gasteiger partial charge in [0.1, 0.15) is 5.75 Å². The molecule has 1 aromatic rings. The van der Waals surface area contributed by atoms with Crippen LogP contribution in [0.1, 0.15) is 38.2 Å². The monoisotopic (exact) mass is 325 g/mol. The van der Waals surface area contributed by atoms with Crippen molar-refractivity contribution in [2.75, 3.05) is 13.7 Å². The van der Waals surface area contributed by atoms with Crippen LogP contribution in [-0.2, 0) is 6.42 Å². The molecular weight excluding hydrogens is 302 g/mol. The average Bonchev–Trinajstić information content (AvgIpc) is 2.86. The SMILES string of the molecule is CCCNC1CCC(Cc2cc(OC)ccc2Br)C1. The number of nitrogens with one attached hydrogen (secondary N) is 1. The summed E-state index contributed by atoms with van der Waals surface area (Å²) in [6.07, 6.45) is 6.35. The lowest BCUT2D eigenvalue weighted by atomic mass is 9.97. The van der Waals surface area contributed by atoms with E-state index in [1.807, 2.05) is 6.07 Å². The Kier molecular flexibility index (Phi) is 5.71. The summed E-state index contributed by atoms with van der Waals surface area (Å²) < 4.78 is 6.52. The van der Waals surface area contributed by atoms with Gasteiger partial charge in [0, 0.05) is 10.5 Å². The van der Waals surface area contributed by atoms with E-state index < -0.39 is 0 Å². The quantitative estimate of drug-likeness (QED) is 0.847. The normalized spacial score (nSPS) is 22.7. The molecule has 0 aromatic heterocycles. The maximum absolute atomic E-state index is 5.32.